The average molecular weight is 278 g/mol. The first-order valence-electron chi connectivity index (χ1n) is 5.53. The normalized spacial score (nSPS) is 11.1. The third-order valence-corrected chi connectivity index (χ3v) is 3.10. The zero-order valence-electron chi connectivity index (χ0n) is 9.69. The molecular formula is C12H9ClFN5. The Hall–Kier alpha value is -2.21. The Balaban J connectivity index is 2.06. The second-order valence-electron chi connectivity index (χ2n) is 4.00. The lowest BCUT2D eigenvalue weighted by atomic mass is 10.1. The van der Waals surface area contributed by atoms with Gasteiger partial charge < -0.3 is 10.7 Å². The Morgan fingerprint density at radius 3 is 2.95 bits per heavy atom. The van der Waals surface area contributed by atoms with E-state index in [0.717, 1.165) is 0 Å². The topological polar surface area (TPSA) is 80.5 Å². The molecule has 0 fully saturated rings. The monoisotopic (exact) mass is 277 g/mol. The molecule has 0 aliphatic rings. The SMILES string of the molecule is Nc1nc(Cc2c(F)cccc2Cl)nc2[nH]cnc12. The van der Waals surface area contributed by atoms with Gasteiger partial charge in [0.05, 0.1) is 6.33 Å². The Bertz CT molecular complexity index is 735. The molecule has 2 heterocycles. The van der Waals surface area contributed by atoms with Crippen molar-refractivity contribution in [1.29, 1.82) is 0 Å². The number of H-pyrrole nitrogens is 1. The molecule has 0 radical (unpaired) electrons. The number of nitrogens with two attached hydrogens (primary N) is 1. The van der Waals surface area contributed by atoms with Gasteiger partial charge in [0.2, 0.25) is 0 Å². The fraction of sp³-hybridized carbons (Fsp3) is 0.0833. The molecule has 2 aromatic heterocycles. The van der Waals surface area contributed by atoms with Crippen LogP contribution in [0.3, 0.4) is 0 Å². The molecule has 3 rings (SSSR count). The quantitative estimate of drug-likeness (QED) is 0.753. The highest BCUT2D eigenvalue weighted by atomic mass is 35.5. The number of benzene rings is 1. The van der Waals surface area contributed by atoms with E-state index in [9.17, 15) is 4.39 Å². The summed E-state index contributed by atoms with van der Waals surface area (Å²) in [4.78, 5) is 15.2. The minimum absolute atomic E-state index is 0.171. The summed E-state index contributed by atoms with van der Waals surface area (Å²) >= 11 is 5.97. The van der Waals surface area contributed by atoms with Crippen LogP contribution >= 0.6 is 11.6 Å². The molecule has 0 spiro atoms. The summed E-state index contributed by atoms with van der Waals surface area (Å²) in [6.45, 7) is 0. The average Bonchev–Trinajstić information content (AvgIpc) is 2.83. The van der Waals surface area contributed by atoms with Crippen molar-refractivity contribution in [2.24, 2.45) is 0 Å². The van der Waals surface area contributed by atoms with Crippen LogP contribution in [0.5, 0.6) is 0 Å². The minimum Gasteiger partial charge on any atom is -0.382 e. The van der Waals surface area contributed by atoms with Gasteiger partial charge in [-0.25, -0.2) is 19.3 Å². The summed E-state index contributed by atoms with van der Waals surface area (Å²) in [7, 11) is 0. The second kappa shape index (κ2) is 4.47. The lowest BCUT2D eigenvalue weighted by Gasteiger charge is -2.05. The number of anilines is 1. The van der Waals surface area contributed by atoms with Gasteiger partial charge >= 0.3 is 0 Å². The van der Waals surface area contributed by atoms with Crippen molar-refractivity contribution < 1.29 is 4.39 Å². The van der Waals surface area contributed by atoms with Gasteiger partial charge in [0.25, 0.3) is 0 Å². The lowest BCUT2D eigenvalue weighted by Crippen LogP contribution is -2.03. The van der Waals surface area contributed by atoms with Crippen molar-refractivity contribution in [2.45, 2.75) is 6.42 Å². The molecule has 0 aliphatic heterocycles. The molecule has 3 aromatic rings. The van der Waals surface area contributed by atoms with E-state index < -0.39 is 0 Å². The van der Waals surface area contributed by atoms with Crippen molar-refractivity contribution >= 4 is 28.6 Å². The van der Waals surface area contributed by atoms with Gasteiger partial charge in [-0.1, -0.05) is 17.7 Å². The van der Waals surface area contributed by atoms with E-state index in [0.29, 0.717) is 27.6 Å². The highest BCUT2D eigenvalue weighted by Gasteiger charge is 2.12. The van der Waals surface area contributed by atoms with Gasteiger partial charge in [0, 0.05) is 17.0 Å². The van der Waals surface area contributed by atoms with Crippen LogP contribution in [0.1, 0.15) is 11.4 Å². The number of aromatic nitrogens is 4. The highest BCUT2D eigenvalue weighted by Crippen LogP contribution is 2.22. The number of fused-ring (bicyclic) bond motifs is 1. The molecule has 7 heteroatoms. The van der Waals surface area contributed by atoms with Crippen molar-refractivity contribution in [3.63, 3.8) is 0 Å². The number of imidazole rings is 1. The van der Waals surface area contributed by atoms with Crippen molar-refractivity contribution in [1.82, 2.24) is 19.9 Å². The lowest BCUT2D eigenvalue weighted by molar-refractivity contribution is 0.612. The molecule has 0 amide bonds. The molecule has 5 nitrogen and oxygen atoms in total. The van der Waals surface area contributed by atoms with Crippen molar-refractivity contribution in [2.75, 3.05) is 5.73 Å². The number of nitrogens with one attached hydrogen (secondary N) is 1. The zero-order valence-corrected chi connectivity index (χ0v) is 10.4. The zero-order chi connectivity index (χ0) is 13.4. The van der Waals surface area contributed by atoms with Crippen LogP contribution < -0.4 is 5.73 Å². The molecule has 19 heavy (non-hydrogen) atoms. The van der Waals surface area contributed by atoms with E-state index in [1.807, 2.05) is 0 Å². The summed E-state index contributed by atoms with van der Waals surface area (Å²) in [5, 5.41) is 0.340. The van der Waals surface area contributed by atoms with E-state index in [1.54, 1.807) is 12.1 Å². The van der Waals surface area contributed by atoms with Gasteiger partial charge in [-0.15, -0.1) is 0 Å². The molecule has 1 aromatic carbocycles. The van der Waals surface area contributed by atoms with E-state index >= 15 is 0 Å². The maximum Gasteiger partial charge on any atom is 0.163 e. The maximum atomic E-state index is 13.7. The molecule has 3 N–H and O–H groups in total. The van der Waals surface area contributed by atoms with Crippen LogP contribution in [-0.2, 0) is 6.42 Å². The smallest absolute Gasteiger partial charge is 0.163 e. The Kier molecular flexibility index (Phi) is 2.79. The number of halogens is 2. The first-order valence-corrected chi connectivity index (χ1v) is 5.91. The predicted molar refractivity (Wildman–Crippen MR) is 70.3 cm³/mol. The van der Waals surface area contributed by atoms with Gasteiger partial charge in [-0.05, 0) is 12.1 Å². The number of hydrogen-bond acceptors (Lipinski definition) is 4. The maximum absolute atomic E-state index is 13.7. The molecule has 0 bridgehead atoms. The van der Waals surface area contributed by atoms with Gasteiger partial charge in [0.15, 0.2) is 11.5 Å². The van der Waals surface area contributed by atoms with Gasteiger partial charge in [-0.3, -0.25) is 0 Å². The fourth-order valence-corrected chi connectivity index (χ4v) is 2.07. The molecule has 0 atom stereocenters. The standard InChI is InChI=1S/C12H9ClFN5/c13-7-2-1-3-8(14)6(7)4-9-18-11(15)10-12(19-9)17-5-16-10/h1-3,5H,4H2,(H3,15,16,17,18,19). The van der Waals surface area contributed by atoms with E-state index in [1.165, 1.54) is 12.4 Å². The largest absolute Gasteiger partial charge is 0.382 e. The summed E-state index contributed by atoms with van der Waals surface area (Å²) in [5.41, 5.74) is 7.15. The van der Waals surface area contributed by atoms with Crippen LogP contribution in [0.4, 0.5) is 10.2 Å². The van der Waals surface area contributed by atoms with Crippen LogP contribution in [0.15, 0.2) is 24.5 Å². The number of nitrogen functional groups attached to an aromatic ring is 1. The van der Waals surface area contributed by atoms with Crippen molar-refractivity contribution in [3.8, 4) is 0 Å². The molecule has 96 valence electrons. The first kappa shape index (κ1) is 11.9. The summed E-state index contributed by atoms with van der Waals surface area (Å²) in [6, 6.07) is 4.52. The first-order chi connectivity index (χ1) is 9.15. The highest BCUT2D eigenvalue weighted by molar-refractivity contribution is 6.31. The summed E-state index contributed by atoms with van der Waals surface area (Å²) < 4.78 is 13.7. The van der Waals surface area contributed by atoms with Gasteiger partial charge in [0.1, 0.15) is 17.2 Å². The number of rotatable bonds is 2. The van der Waals surface area contributed by atoms with E-state index in [2.05, 4.69) is 19.9 Å². The summed E-state index contributed by atoms with van der Waals surface area (Å²) in [6.07, 6.45) is 1.65. The Morgan fingerprint density at radius 1 is 1.32 bits per heavy atom. The molecule has 0 unspecified atom stereocenters. The Labute approximate surface area is 112 Å². The number of hydrogen-bond donors (Lipinski definition) is 2. The van der Waals surface area contributed by atoms with Crippen molar-refractivity contribution in [3.05, 3.63) is 46.8 Å². The summed E-state index contributed by atoms with van der Waals surface area (Å²) in [5.74, 6) is 0.259. The van der Waals surface area contributed by atoms with Crippen LogP contribution in [0.2, 0.25) is 5.02 Å². The van der Waals surface area contributed by atoms with E-state index in [4.69, 9.17) is 17.3 Å². The van der Waals surface area contributed by atoms with Crippen LogP contribution in [0, 0.1) is 5.82 Å². The second-order valence-corrected chi connectivity index (χ2v) is 4.41. The van der Waals surface area contributed by atoms with Crippen LogP contribution in [-0.4, -0.2) is 19.9 Å². The Morgan fingerprint density at radius 2 is 2.16 bits per heavy atom. The molecule has 0 saturated carbocycles. The molecule has 0 aliphatic carbocycles. The molecule has 0 saturated heterocycles. The predicted octanol–water partition coefficient (Wildman–Crippen LogP) is 2.32. The third-order valence-electron chi connectivity index (χ3n) is 2.75. The van der Waals surface area contributed by atoms with Gasteiger partial charge in [-0.2, -0.15) is 0 Å². The minimum atomic E-state index is -0.389. The third kappa shape index (κ3) is 2.10. The number of nitrogens with zero attached hydrogens (tertiary/aromatic N) is 3. The van der Waals surface area contributed by atoms with Crippen LogP contribution in [0.25, 0.3) is 11.2 Å². The fourth-order valence-electron chi connectivity index (χ4n) is 1.84. The molecular weight excluding hydrogens is 269 g/mol. The number of aromatic amines is 1. The van der Waals surface area contributed by atoms with E-state index in [-0.39, 0.29) is 18.1 Å².